The van der Waals surface area contributed by atoms with Crippen LogP contribution >= 0.6 is 0 Å². The monoisotopic (exact) mass is 247 g/mol. The van der Waals surface area contributed by atoms with Crippen LogP contribution < -0.4 is 5.73 Å². The van der Waals surface area contributed by atoms with Gasteiger partial charge < -0.3 is 10.5 Å². The summed E-state index contributed by atoms with van der Waals surface area (Å²) in [5.41, 5.74) is 9.31. The Balaban J connectivity index is 2.12. The van der Waals surface area contributed by atoms with E-state index in [0.717, 1.165) is 25.9 Å². The molecule has 0 amide bonds. The lowest BCUT2D eigenvalue weighted by Crippen LogP contribution is -2.39. The minimum atomic E-state index is 0.176. The highest BCUT2D eigenvalue weighted by Gasteiger charge is 2.29. The molecule has 2 nitrogen and oxygen atoms in total. The van der Waals surface area contributed by atoms with Gasteiger partial charge in [0, 0.05) is 6.04 Å². The summed E-state index contributed by atoms with van der Waals surface area (Å²) in [6.07, 6.45) is 3.22. The Labute approximate surface area is 111 Å². The Morgan fingerprint density at radius 1 is 1.39 bits per heavy atom. The molecule has 0 aliphatic carbocycles. The first kappa shape index (κ1) is 13.6. The third-order valence-electron chi connectivity index (χ3n) is 4.48. The third kappa shape index (κ3) is 2.76. The molecule has 1 aromatic rings. The summed E-state index contributed by atoms with van der Waals surface area (Å²) >= 11 is 0. The predicted octanol–water partition coefficient (Wildman–Crippen LogP) is 3.45. The standard InChI is InChI=1S/C16H25NO/c1-4-16(2,3)15(17)11-14-13-8-6-5-7-12(13)9-10-18-14/h5-8,14-15H,4,9-11,17H2,1-3H3. The fourth-order valence-electron chi connectivity index (χ4n) is 2.48. The van der Waals surface area contributed by atoms with Crippen molar-refractivity contribution in [3.8, 4) is 0 Å². The lowest BCUT2D eigenvalue weighted by molar-refractivity contribution is 0.0220. The first-order valence-electron chi connectivity index (χ1n) is 6.99. The summed E-state index contributed by atoms with van der Waals surface area (Å²) < 4.78 is 5.93. The maximum Gasteiger partial charge on any atom is 0.0842 e. The minimum Gasteiger partial charge on any atom is -0.373 e. The summed E-state index contributed by atoms with van der Waals surface area (Å²) in [6, 6.07) is 8.78. The van der Waals surface area contributed by atoms with Crippen LogP contribution in [-0.2, 0) is 11.2 Å². The largest absolute Gasteiger partial charge is 0.373 e. The Bertz CT molecular complexity index is 400. The van der Waals surface area contributed by atoms with Crippen LogP contribution in [0.15, 0.2) is 24.3 Å². The predicted molar refractivity (Wildman–Crippen MR) is 75.5 cm³/mol. The van der Waals surface area contributed by atoms with Crippen molar-refractivity contribution < 1.29 is 4.74 Å². The molecular weight excluding hydrogens is 222 g/mol. The van der Waals surface area contributed by atoms with Gasteiger partial charge in [0.1, 0.15) is 0 Å². The molecule has 2 N–H and O–H groups in total. The topological polar surface area (TPSA) is 35.2 Å². The molecule has 2 atom stereocenters. The van der Waals surface area contributed by atoms with Gasteiger partial charge in [0.15, 0.2) is 0 Å². The van der Waals surface area contributed by atoms with Crippen molar-refractivity contribution in [2.45, 2.75) is 52.2 Å². The van der Waals surface area contributed by atoms with Gasteiger partial charge in [0.05, 0.1) is 12.7 Å². The van der Waals surface area contributed by atoms with Gasteiger partial charge in [-0.2, -0.15) is 0 Å². The number of hydrogen-bond acceptors (Lipinski definition) is 2. The van der Waals surface area contributed by atoms with Gasteiger partial charge in [-0.1, -0.05) is 45.0 Å². The zero-order chi connectivity index (χ0) is 13.2. The van der Waals surface area contributed by atoms with Crippen molar-refractivity contribution in [3.05, 3.63) is 35.4 Å². The van der Waals surface area contributed by atoms with E-state index < -0.39 is 0 Å². The fourth-order valence-corrected chi connectivity index (χ4v) is 2.48. The van der Waals surface area contributed by atoms with Crippen LogP contribution in [0.4, 0.5) is 0 Å². The quantitative estimate of drug-likeness (QED) is 0.884. The molecule has 0 radical (unpaired) electrons. The maximum absolute atomic E-state index is 6.37. The average molecular weight is 247 g/mol. The van der Waals surface area contributed by atoms with Crippen molar-refractivity contribution in [1.82, 2.24) is 0 Å². The summed E-state index contributed by atoms with van der Waals surface area (Å²) in [6.45, 7) is 7.51. The van der Waals surface area contributed by atoms with Crippen LogP contribution in [0, 0.1) is 5.41 Å². The van der Waals surface area contributed by atoms with Crippen LogP contribution in [0.5, 0.6) is 0 Å². The zero-order valence-corrected chi connectivity index (χ0v) is 11.8. The van der Waals surface area contributed by atoms with Crippen LogP contribution in [0.3, 0.4) is 0 Å². The lowest BCUT2D eigenvalue weighted by atomic mass is 9.78. The number of ether oxygens (including phenoxy) is 1. The van der Waals surface area contributed by atoms with Gasteiger partial charge >= 0.3 is 0 Å². The molecule has 2 heteroatoms. The zero-order valence-electron chi connectivity index (χ0n) is 11.8. The van der Waals surface area contributed by atoms with E-state index in [1.54, 1.807) is 0 Å². The molecule has 1 aliphatic rings. The second-order valence-electron chi connectivity index (χ2n) is 5.99. The number of fused-ring (bicyclic) bond motifs is 1. The van der Waals surface area contributed by atoms with Gasteiger partial charge in [-0.15, -0.1) is 0 Å². The van der Waals surface area contributed by atoms with Crippen molar-refractivity contribution >= 4 is 0 Å². The molecule has 0 bridgehead atoms. The first-order valence-corrected chi connectivity index (χ1v) is 6.99. The Morgan fingerprint density at radius 2 is 2.11 bits per heavy atom. The highest BCUT2D eigenvalue weighted by molar-refractivity contribution is 5.31. The molecule has 1 heterocycles. The minimum absolute atomic E-state index is 0.176. The highest BCUT2D eigenvalue weighted by Crippen LogP contribution is 2.35. The Kier molecular flexibility index (Phi) is 4.08. The Hall–Kier alpha value is -0.860. The molecule has 0 aromatic heterocycles. The Morgan fingerprint density at radius 3 is 2.83 bits per heavy atom. The fraction of sp³-hybridized carbons (Fsp3) is 0.625. The molecule has 0 saturated heterocycles. The molecular formula is C16H25NO. The van der Waals surface area contributed by atoms with Crippen LogP contribution in [-0.4, -0.2) is 12.6 Å². The van der Waals surface area contributed by atoms with E-state index in [-0.39, 0.29) is 17.6 Å². The van der Waals surface area contributed by atoms with E-state index in [1.807, 2.05) is 0 Å². The lowest BCUT2D eigenvalue weighted by Gasteiger charge is -2.35. The first-order chi connectivity index (χ1) is 8.54. The number of nitrogens with two attached hydrogens (primary N) is 1. The van der Waals surface area contributed by atoms with Gasteiger partial charge in [0.25, 0.3) is 0 Å². The van der Waals surface area contributed by atoms with E-state index >= 15 is 0 Å². The van der Waals surface area contributed by atoms with Crippen molar-refractivity contribution in [2.75, 3.05) is 6.61 Å². The van der Waals surface area contributed by atoms with E-state index in [0.29, 0.717) is 0 Å². The van der Waals surface area contributed by atoms with Gasteiger partial charge in [-0.3, -0.25) is 0 Å². The molecule has 0 spiro atoms. The van der Waals surface area contributed by atoms with Crippen LogP contribution in [0.1, 0.15) is 50.8 Å². The summed E-state index contributed by atoms with van der Waals surface area (Å²) in [5.74, 6) is 0. The van der Waals surface area contributed by atoms with Gasteiger partial charge in [-0.25, -0.2) is 0 Å². The van der Waals surface area contributed by atoms with E-state index in [2.05, 4.69) is 45.0 Å². The van der Waals surface area contributed by atoms with Crippen molar-refractivity contribution in [1.29, 1.82) is 0 Å². The summed E-state index contributed by atoms with van der Waals surface area (Å²) in [4.78, 5) is 0. The summed E-state index contributed by atoms with van der Waals surface area (Å²) in [5, 5.41) is 0. The number of rotatable bonds is 4. The van der Waals surface area contributed by atoms with Crippen molar-refractivity contribution in [3.63, 3.8) is 0 Å². The smallest absolute Gasteiger partial charge is 0.0842 e. The number of hydrogen-bond donors (Lipinski definition) is 1. The second-order valence-corrected chi connectivity index (χ2v) is 5.99. The maximum atomic E-state index is 6.37. The SMILES string of the molecule is CCC(C)(C)C(N)CC1OCCc2ccccc21. The molecule has 1 aromatic carbocycles. The molecule has 18 heavy (non-hydrogen) atoms. The second kappa shape index (κ2) is 5.41. The molecule has 1 aliphatic heterocycles. The molecule has 0 saturated carbocycles. The van der Waals surface area contributed by atoms with Crippen LogP contribution in [0.25, 0.3) is 0 Å². The average Bonchev–Trinajstić information content (AvgIpc) is 2.39. The normalized spacial score (nSPS) is 21.4. The third-order valence-corrected chi connectivity index (χ3v) is 4.48. The van der Waals surface area contributed by atoms with Gasteiger partial charge in [0.2, 0.25) is 0 Å². The number of benzene rings is 1. The van der Waals surface area contributed by atoms with Gasteiger partial charge in [-0.05, 0) is 35.8 Å². The molecule has 2 unspecified atom stereocenters. The highest BCUT2D eigenvalue weighted by atomic mass is 16.5. The van der Waals surface area contributed by atoms with Crippen LogP contribution in [0.2, 0.25) is 0 Å². The summed E-state index contributed by atoms with van der Waals surface area (Å²) in [7, 11) is 0. The van der Waals surface area contributed by atoms with E-state index in [4.69, 9.17) is 10.5 Å². The molecule has 100 valence electrons. The van der Waals surface area contributed by atoms with Crippen molar-refractivity contribution in [2.24, 2.45) is 11.1 Å². The van der Waals surface area contributed by atoms with E-state index in [9.17, 15) is 0 Å². The molecule has 2 rings (SSSR count). The van der Waals surface area contributed by atoms with E-state index in [1.165, 1.54) is 11.1 Å². The molecule has 0 fully saturated rings.